The van der Waals surface area contributed by atoms with E-state index in [1.54, 1.807) is 18.3 Å². The van der Waals surface area contributed by atoms with E-state index in [0.717, 1.165) is 5.82 Å². The number of ether oxygens (including phenoxy) is 1. The Kier molecular flexibility index (Phi) is 5.09. The Morgan fingerprint density at radius 1 is 1.00 bits per heavy atom. The maximum atomic E-state index is 12.5. The lowest BCUT2D eigenvalue weighted by molar-refractivity contribution is 0.158. The lowest BCUT2D eigenvalue weighted by Crippen LogP contribution is -2.18. The van der Waals surface area contributed by atoms with Crippen molar-refractivity contribution in [2.24, 2.45) is 0 Å². The molecular formula is C24H22N4O3. The van der Waals surface area contributed by atoms with E-state index in [-0.39, 0.29) is 19.1 Å². The van der Waals surface area contributed by atoms with Gasteiger partial charge in [0.15, 0.2) is 5.65 Å². The minimum Gasteiger partial charge on any atom is -0.448 e. The SMILES string of the molecule is O=C(Nc1ccc2nnc(CCCO)n2c1)OCC1c2ccccc2-c2ccccc21. The lowest BCUT2D eigenvalue weighted by Gasteiger charge is -2.14. The van der Waals surface area contributed by atoms with Crippen LogP contribution < -0.4 is 5.32 Å². The third kappa shape index (κ3) is 3.64. The second-order valence-electron chi connectivity index (χ2n) is 7.54. The Labute approximate surface area is 179 Å². The quantitative estimate of drug-likeness (QED) is 0.498. The molecule has 156 valence electrons. The highest BCUT2D eigenvalue weighted by Crippen LogP contribution is 2.44. The maximum Gasteiger partial charge on any atom is 0.411 e. The van der Waals surface area contributed by atoms with Crippen LogP contribution in [0.4, 0.5) is 10.5 Å². The third-order valence-electron chi connectivity index (χ3n) is 5.62. The standard InChI is InChI=1S/C24H22N4O3/c29-13-5-10-22-26-27-23-12-11-16(14-28(22)23)25-24(30)31-15-21-19-8-3-1-6-17(19)18-7-2-4-9-20(18)21/h1-4,6-9,11-12,14,21,29H,5,10,13,15H2,(H,25,30). The Balaban J connectivity index is 1.29. The van der Waals surface area contributed by atoms with Crippen LogP contribution in [0.2, 0.25) is 0 Å². The average molecular weight is 414 g/mol. The molecule has 7 nitrogen and oxygen atoms in total. The first-order valence-corrected chi connectivity index (χ1v) is 10.3. The summed E-state index contributed by atoms with van der Waals surface area (Å²) in [4.78, 5) is 12.5. The molecule has 0 atom stereocenters. The van der Waals surface area contributed by atoms with Crippen molar-refractivity contribution in [1.29, 1.82) is 0 Å². The molecular weight excluding hydrogens is 392 g/mol. The van der Waals surface area contributed by atoms with E-state index in [0.29, 0.717) is 24.2 Å². The molecule has 0 fully saturated rings. The minimum atomic E-state index is -0.508. The van der Waals surface area contributed by atoms with Crippen LogP contribution in [0.5, 0.6) is 0 Å². The molecule has 7 heteroatoms. The number of hydrogen-bond acceptors (Lipinski definition) is 5. The number of benzene rings is 2. The highest BCUT2D eigenvalue weighted by atomic mass is 16.5. The van der Waals surface area contributed by atoms with Crippen molar-refractivity contribution in [3.8, 4) is 11.1 Å². The van der Waals surface area contributed by atoms with Crippen molar-refractivity contribution < 1.29 is 14.6 Å². The van der Waals surface area contributed by atoms with Gasteiger partial charge in [-0.05, 0) is 40.8 Å². The van der Waals surface area contributed by atoms with Gasteiger partial charge in [0.25, 0.3) is 0 Å². The van der Waals surface area contributed by atoms with E-state index in [1.807, 2.05) is 28.7 Å². The van der Waals surface area contributed by atoms with Gasteiger partial charge in [0, 0.05) is 25.1 Å². The molecule has 0 unspecified atom stereocenters. The fourth-order valence-corrected chi connectivity index (χ4v) is 4.17. The minimum absolute atomic E-state index is 0.0172. The summed E-state index contributed by atoms with van der Waals surface area (Å²) in [6.07, 6.45) is 2.46. The van der Waals surface area contributed by atoms with Crippen molar-refractivity contribution in [3.05, 3.63) is 83.8 Å². The Morgan fingerprint density at radius 3 is 2.42 bits per heavy atom. The highest BCUT2D eigenvalue weighted by Gasteiger charge is 2.29. The van der Waals surface area contributed by atoms with Gasteiger partial charge in [-0.2, -0.15) is 0 Å². The monoisotopic (exact) mass is 414 g/mol. The number of aliphatic hydroxyl groups excluding tert-OH is 1. The molecule has 5 rings (SSSR count). The van der Waals surface area contributed by atoms with Crippen LogP contribution in [0.25, 0.3) is 16.8 Å². The summed E-state index contributed by atoms with van der Waals surface area (Å²) in [6, 6.07) is 20.0. The number of nitrogens with zero attached hydrogens (tertiary/aromatic N) is 3. The number of aliphatic hydroxyl groups is 1. The van der Waals surface area contributed by atoms with Crippen LogP contribution >= 0.6 is 0 Å². The second-order valence-corrected chi connectivity index (χ2v) is 7.54. The number of amides is 1. The van der Waals surface area contributed by atoms with Gasteiger partial charge in [-0.3, -0.25) is 9.72 Å². The Hall–Kier alpha value is -3.71. The summed E-state index contributed by atoms with van der Waals surface area (Å²) in [5, 5.41) is 20.1. The van der Waals surface area contributed by atoms with Gasteiger partial charge in [-0.1, -0.05) is 48.5 Å². The molecule has 1 aliphatic carbocycles. The Bertz CT molecular complexity index is 1210. The predicted molar refractivity (Wildman–Crippen MR) is 117 cm³/mol. The van der Waals surface area contributed by atoms with E-state index < -0.39 is 6.09 Å². The van der Waals surface area contributed by atoms with Crippen molar-refractivity contribution >= 4 is 17.4 Å². The van der Waals surface area contributed by atoms with E-state index in [1.165, 1.54) is 22.3 Å². The van der Waals surface area contributed by atoms with Crippen LogP contribution in [0.3, 0.4) is 0 Å². The number of aromatic nitrogens is 3. The maximum absolute atomic E-state index is 12.5. The van der Waals surface area contributed by atoms with Gasteiger partial charge < -0.3 is 9.84 Å². The molecule has 31 heavy (non-hydrogen) atoms. The molecule has 4 aromatic rings. The number of pyridine rings is 1. The van der Waals surface area contributed by atoms with E-state index in [9.17, 15) is 4.79 Å². The largest absolute Gasteiger partial charge is 0.448 e. The molecule has 0 saturated heterocycles. The highest BCUT2D eigenvalue weighted by molar-refractivity contribution is 5.85. The fourth-order valence-electron chi connectivity index (χ4n) is 4.17. The van der Waals surface area contributed by atoms with Gasteiger partial charge in [-0.25, -0.2) is 4.79 Å². The number of fused-ring (bicyclic) bond motifs is 4. The van der Waals surface area contributed by atoms with E-state index in [4.69, 9.17) is 9.84 Å². The van der Waals surface area contributed by atoms with Gasteiger partial charge in [-0.15, -0.1) is 10.2 Å². The summed E-state index contributed by atoms with van der Waals surface area (Å²) < 4.78 is 7.42. The topological polar surface area (TPSA) is 88.8 Å². The first-order chi connectivity index (χ1) is 15.2. The summed E-state index contributed by atoms with van der Waals surface area (Å²) in [6.45, 7) is 0.350. The molecule has 0 saturated carbocycles. The number of carbonyl (C=O) groups excluding carboxylic acids is 1. The number of rotatable bonds is 6. The van der Waals surface area contributed by atoms with Crippen LogP contribution in [-0.2, 0) is 11.2 Å². The van der Waals surface area contributed by atoms with Gasteiger partial charge >= 0.3 is 6.09 Å². The molecule has 0 bridgehead atoms. The number of aryl methyl sites for hydroxylation is 1. The van der Waals surface area contributed by atoms with Gasteiger partial charge in [0.05, 0.1) is 5.69 Å². The molecule has 0 aliphatic heterocycles. The third-order valence-corrected chi connectivity index (χ3v) is 5.62. The average Bonchev–Trinajstić information content (AvgIpc) is 3.35. The van der Waals surface area contributed by atoms with Crippen LogP contribution in [0.15, 0.2) is 66.9 Å². The molecule has 2 aromatic heterocycles. The fraction of sp³-hybridized carbons (Fsp3) is 0.208. The molecule has 2 heterocycles. The number of carbonyl (C=O) groups is 1. The Morgan fingerprint density at radius 2 is 1.71 bits per heavy atom. The predicted octanol–water partition coefficient (Wildman–Crippen LogP) is 4.02. The summed E-state index contributed by atoms with van der Waals surface area (Å²) in [5.74, 6) is 0.754. The molecule has 1 amide bonds. The normalized spacial score (nSPS) is 12.5. The van der Waals surface area contributed by atoms with Gasteiger partial charge in [0.1, 0.15) is 12.4 Å². The molecule has 2 aromatic carbocycles. The number of hydrogen-bond donors (Lipinski definition) is 2. The summed E-state index contributed by atoms with van der Waals surface area (Å²) in [7, 11) is 0. The van der Waals surface area contributed by atoms with Crippen molar-refractivity contribution in [1.82, 2.24) is 14.6 Å². The smallest absolute Gasteiger partial charge is 0.411 e. The summed E-state index contributed by atoms with van der Waals surface area (Å²) in [5.41, 5.74) is 6.02. The lowest BCUT2D eigenvalue weighted by atomic mass is 9.98. The van der Waals surface area contributed by atoms with Crippen molar-refractivity contribution in [3.63, 3.8) is 0 Å². The molecule has 2 N–H and O–H groups in total. The van der Waals surface area contributed by atoms with Crippen molar-refractivity contribution in [2.75, 3.05) is 18.5 Å². The molecule has 1 aliphatic rings. The number of nitrogens with one attached hydrogen (secondary N) is 1. The van der Waals surface area contributed by atoms with E-state index in [2.05, 4.69) is 39.8 Å². The van der Waals surface area contributed by atoms with Crippen LogP contribution in [0.1, 0.15) is 29.3 Å². The zero-order valence-corrected chi connectivity index (χ0v) is 16.9. The molecule has 0 spiro atoms. The zero-order valence-electron chi connectivity index (χ0n) is 16.9. The first-order valence-electron chi connectivity index (χ1n) is 10.3. The van der Waals surface area contributed by atoms with Gasteiger partial charge in [0.2, 0.25) is 0 Å². The zero-order chi connectivity index (χ0) is 21.2. The summed E-state index contributed by atoms with van der Waals surface area (Å²) >= 11 is 0. The van der Waals surface area contributed by atoms with E-state index >= 15 is 0 Å². The van der Waals surface area contributed by atoms with Crippen molar-refractivity contribution in [2.45, 2.75) is 18.8 Å². The second kappa shape index (κ2) is 8.20. The molecule has 0 radical (unpaired) electrons. The van der Waals surface area contributed by atoms with Crippen LogP contribution in [-0.4, -0.2) is 39.0 Å². The van der Waals surface area contributed by atoms with Crippen LogP contribution in [0, 0.1) is 0 Å². The first kappa shape index (κ1) is 19.3. The number of anilines is 1.